The maximum absolute atomic E-state index is 10.8. The fourth-order valence-corrected chi connectivity index (χ4v) is 1.60. The lowest BCUT2D eigenvalue weighted by Crippen LogP contribution is -2.49. The molecule has 0 aliphatic carbocycles. The van der Waals surface area contributed by atoms with Crippen LogP contribution in [0.5, 0.6) is 0 Å². The second-order valence-corrected chi connectivity index (χ2v) is 3.93. The molecule has 4 nitrogen and oxygen atoms in total. The number of carbonyl (C=O) groups is 1. The van der Waals surface area contributed by atoms with Gasteiger partial charge in [0.25, 0.3) is 0 Å². The van der Waals surface area contributed by atoms with E-state index in [1.165, 1.54) is 0 Å². The van der Waals surface area contributed by atoms with E-state index in [-0.39, 0.29) is 18.5 Å². The zero-order chi connectivity index (χ0) is 10.6. The van der Waals surface area contributed by atoms with Crippen molar-refractivity contribution in [3.63, 3.8) is 0 Å². The van der Waals surface area contributed by atoms with Crippen molar-refractivity contribution >= 4 is 5.78 Å². The van der Waals surface area contributed by atoms with Crippen molar-refractivity contribution in [3.8, 4) is 0 Å². The number of carbonyl (C=O) groups excluding carboxylic acids is 1. The molecule has 0 aromatic rings. The lowest BCUT2D eigenvalue weighted by Gasteiger charge is -2.37. The van der Waals surface area contributed by atoms with Crippen molar-refractivity contribution in [2.75, 3.05) is 26.3 Å². The average Bonchev–Trinajstić information content (AvgIpc) is 2.16. The number of rotatable bonds is 4. The van der Waals surface area contributed by atoms with Crippen LogP contribution in [0.25, 0.3) is 0 Å². The molecular weight excluding hydrogens is 182 g/mol. The first kappa shape index (κ1) is 11.6. The van der Waals surface area contributed by atoms with Crippen molar-refractivity contribution in [1.82, 2.24) is 4.90 Å². The molecule has 1 rings (SSSR count). The van der Waals surface area contributed by atoms with Crippen molar-refractivity contribution in [3.05, 3.63) is 0 Å². The van der Waals surface area contributed by atoms with Gasteiger partial charge < -0.3 is 9.84 Å². The van der Waals surface area contributed by atoms with Gasteiger partial charge in [0.1, 0.15) is 5.78 Å². The van der Waals surface area contributed by atoms with Crippen molar-refractivity contribution in [2.24, 2.45) is 0 Å². The van der Waals surface area contributed by atoms with Crippen molar-refractivity contribution in [1.29, 1.82) is 0 Å². The van der Waals surface area contributed by atoms with E-state index in [2.05, 4.69) is 11.8 Å². The minimum atomic E-state index is -0.0850. The van der Waals surface area contributed by atoms with E-state index in [9.17, 15) is 4.79 Å². The summed E-state index contributed by atoms with van der Waals surface area (Å²) in [5.41, 5.74) is 0. The minimum Gasteiger partial charge on any atom is -0.394 e. The number of aliphatic hydroxyl groups is 1. The molecule has 0 aromatic carbocycles. The third-order valence-corrected chi connectivity index (χ3v) is 2.59. The van der Waals surface area contributed by atoms with E-state index in [1.807, 2.05) is 0 Å². The molecule has 0 radical (unpaired) electrons. The highest BCUT2D eigenvalue weighted by atomic mass is 16.5. The fourth-order valence-electron chi connectivity index (χ4n) is 1.60. The van der Waals surface area contributed by atoms with E-state index in [0.717, 1.165) is 13.1 Å². The number of aliphatic hydroxyl groups excluding tert-OH is 1. The van der Waals surface area contributed by atoms with E-state index in [1.54, 1.807) is 6.92 Å². The summed E-state index contributed by atoms with van der Waals surface area (Å²) in [6.07, 6.45) is 0.501. The Labute approximate surface area is 84.8 Å². The van der Waals surface area contributed by atoms with Crippen LogP contribution in [0.15, 0.2) is 0 Å². The number of ether oxygens (including phenoxy) is 1. The Kier molecular flexibility index (Phi) is 4.51. The van der Waals surface area contributed by atoms with Crippen LogP contribution in [-0.2, 0) is 9.53 Å². The maximum atomic E-state index is 10.8. The zero-order valence-electron chi connectivity index (χ0n) is 8.90. The van der Waals surface area contributed by atoms with Gasteiger partial charge in [-0.25, -0.2) is 0 Å². The number of hydrogen-bond donors (Lipinski definition) is 1. The molecule has 4 heteroatoms. The molecule has 14 heavy (non-hydrogen) atoms. The van der Waals surface area contributed by atoms with Gasteiger partial charge in [-0.3, -0.25) is 9.69 Å². The molecule has 0 spiro atoms. The summed E-state index contributed by atoms with van der Waals surface area (Å²) in [4.78, 5) is 13.0. The number of nitrogens with zero attached hydrogens (tertiary/aromatic N) is 1. The lowest BCUT2D eigenvalue weighted by atomic mass is 10.2. The number of Topliss-reactive ketones (excluding diaryl/α,β-unsaturated/α-hetero) is 1. The monoisotopic (exact) mass is 201 g/mol. The van der Waals surface area contributed by atoms with Crippen LogP contribution in [0, 0.1) is 0 Å². The van der Waals surface area contributed by atoms with Gasteiger partial charge in [0.05, 0.1) is 19.3 Å². The van der Waals surface area contributed by atoms with Gasteiger partial charge in [0, 0.05) is 25.6 Å². The van der Waals surface area contributed by atoms with Crippen molar-refractivity contribution in [2.45, 2.75) is 32.4 Å². The maximum Gasteiger partial charge on any atom is 0.131 e. The van der Waals surface area contributed by atoms with Crippen LogP contribution in [0.3, 0.4) is 0 Å². The molecule has 1 aliphatic heterocycles. The Hall–Kier alpha value is -0.450. The van der Waals surface area contributed by atoms with E-state index >= 15 is 0 Å². The third-order valence-electron chi connectivity index (χ3n) is 2.59. The SMILES string of the molecule is CC(=O)CCN1CC(CO)OCC1C. The van der Waals surface area contributed by atoms with Crippen LogP contribution in [0.2, 0.25) is 0 Å². The van der Waals surface area contributed by atoms with Crippen LogP contribution in [-0.4, -0.2) is 54.2 Å². The normalized spacial score (nSPS) is 29.1. The summed E-state index contributed by atoms with van der Waals surface area (Å²) in [6.45, 7) is 5.89. The molecule has 2 unspecified atom stereocenters. The summed E-state index contributed by atoms with van der Waals surface area (Å²) >= 11 is 0. The van der Waals surface area contributed by atoms with Gasteiger partial charge in [-0.2, -0.15) is 0 Å². The summed E-state index contributed by atoms with van der Waals surface area (Å²) in [5, 5.41) is 8.95. The molecule has 0 amide bonds. The Bertz CT molecular complexity index is 196. The Balaban J connectivity index is 2.36. The molecule has 0 saturated carbocycles. The highest BCUT2D eigenvalue weighted by molar-refractivity contribution is 5.75. The van der Waals surface area contributed by atoms with Gasteiger partial charge in [0.15, 0.2) is 0 Å². The molecule has 0 aromatic heterocycles. The average molecular weight is 201 g/mol. The van der Waals surface area contributed by atoms with Gasteiger partial charge in [-0.1, -0.05) is 0 Å². The van der Waals surface area contributed by atoms with Crippen LogP contribution in [0.4, 0.5) is 0 Å². The number of ketones is 1. The summed E-state index contributed by atoms with van der Waals surface area (Å²) in [7, 11) is 0. The first-order chi connectivity index (χ1) is 6.63. The first-order valence-corrected chi connectivity index (χ1v) is 5.09. The molecule has 0 bridgehead atoms. The van der Waals surface area contributed by atoms with E-state index < -0.39 is 0 Å². The fraction of sp³-hybridized carbons (Fsp3) is 0.900. The molecule has 82 valence electrons. The highest BCUT2D eigenvalue weighted by Gasteiger charge is 2.25. The van der Waals surface area contributed by atoms with Gasteiger partial charge in [0.2, 0.25) is 0 Å². The second kappa shape index (κ2) is 5.44. The molecule has 1 heterocycles. The van der Waals surface area contributed by atoms with Gasteiger partial charge >= 0.3 is 0 Å². The van der Waals surface area contributed by atoms with Gasteiger partial charge in [-0.15, -0.1) is 0 Å². The van der Waals surface area contributed by atoms with Crippen LogP contribution in [0.1, 0.15) is 20.3 Å². The largest absolute Gasteiger partial charge is 0.394 e. The molecule has 1 saturated heterocycles. The number of morpholine rings is 1. The van der Waals surface area contributed by atoms with E-state index in [0.29, 0.717) is 19.1 Å². The Morgan fingerprint density at radius 1 is 1.64 bits per heavy atom. The summed E-state index contributed by atoms with van der Waals surface area (Å²) < 4.78 is 5.40. The van der Waals surface area contributed by atoms with Crippen LogP contribution >= 0.6 is 0 Å². The molecule has 1 aliphatic rings. The Morgan fingerprint density at radius 2 is 2.36 bits per heavy atom. The smallest absolute Gasteiger partial charge is 0.131 e. The quantitative estimate of drug-likeness (QED) is 0.698. The van der Waals surface area contributed by atoms with E-state index in [4.69, 9.17) is 9.84 Å². The van der Waals surface area contributed by atoms with Crippen LogP contribution < -0.4 is 0 Å². The molecular formula is C10H19NO3. The second-order valence-electron chi connectivity index (χ2n) is 3.93. The third kappa shape index (κ3) is 3.36. The Morgan fingerprint density at radius 3 is 2.93 bits per heavy atom. The molecule has 2 atom stereocenters. The topological polar surface area (TPSA) is 49.8 Å². The zero-order valence-corrected chi connectivity index (χ0v) is 8.90. The summed E-state index contributed by atoms with van der Waals surface area (Å²) in [5.74, 6) is 0.212. The predicted molar refractivity (Wildman–Crippen MR) is 53.2 cm³/mol. The molecule has 1 fully saturated rings. The molecule has 1 N–H and O–H groups in total. The number of hydrogen-bond acceptors (Lipinski definition) is 4. The first-order valence-electron chi connectivity index (χ1n) is 5.09. The standard InChI is InChI=1S/C10H19NO3/c1-8-7-14-10(6-12)5-11(8)4-3-9(2)13/h8,10,12H,3-7H2,1-2H3. The van der Waals surface area contributed by atoms with Gasteiger partial charge in [-0.05, 0) is 13.8 Å². The highest BCUT2D eigenvalue weighted by Crippen LogP contribution is 2.11. The van der Waals surface area contributed by atoms with Crippen molar-refractivity contribution < 1.29 is 14.6 Å². The minimum absolute atomic E-state index is 0.0588. The predicted octanol–water partition coefficient (Wildman–Crippen LogP) is 0.0471. The summed E-state index contributed by atoms with van der Waals surface area (Å²) in [6, 6.07) is 0.345. The lowest BCUT2D eigenvalue weighted by molar-refractivity contribution is -0.118.